The molecule has 7 heteroatoms. The molecule has 28 heavy (non-hydrogen) atoms. The first kappa shape index (κ1) is 19.9. The first-order chi connectivity index (χ1) is 13.7. The van der Waals surface area contributed by atoms with E-state index in [4.69, 9.17) is 9.68 Å². The van der Waals surface area contributed by atoms with Crippen LogP contribution < -0.4 is 0 Å². The van der Waals surface area contributed by atoms with Crippen molar-refractivity contribution in [1.29, 1.82) is 0 Å². The summed E-state index contributed by atoms with van der Waals surface area (Å²) in [4.78, 5) is 19.4. The molecule has 0 fully saturated rings. The maximum Gasteiger partial charge on any atom is 0.117 e. The maximum atomic E-state index is 9.50. The average molecular weight is 382 g/mol. The van der Waals surface area contributed by atoms with Gasteiger partial charge in [0, 0.05) is 11.9 Å². The zero-order valence-electron chi connectivity index (χ0n) is 16.4. The number of aromatic nitrogens is 2. The van der Waals surface area contributed by atoms with Crippen molar-refractivity contribution in [2.45, 2.75) is 45.6 Å². The van der Waals surface area contributed by atoms with Gasteiger partial charge in [-0.3, -0.25) is 9.97 Å². The van der Waals surface area contributed by atoms with Crippen LogP contribution in [0.4, 0.5) is 0 Å². The zero-order valence-corrected chi connectivity index (χ0v) is 16.4. The number of fused-ring (bicyclic) bond motifs is 1. The molecule has 0 atom stereocenters. The molecule has 7 nitrogen and oxygen atoms in total. The van der Waals surface area contributed by atoms with Crippen LogP contribution in [0.5, 0.6) is 0 Å². The minimum atomic E-state index is 0.0274. The third-order valence-corrected chi connectivity index (χ3v) is 4.69. The summed E-state index contributed by atoms with van der Waals surface area (Å²) in [6.07, 6.45) is 6.08. The van der Waals surface area contributed by atoms with Crippen molar-refractivity contribution < 1.29 is 14.8 Å². The largest absolute Gasteiger partial charge is 0.399 e. The number of aliphatic hydroxyl groups is 1. The van der Waals surface area contributed by atoms with Crippen molar-refractivity contribution in [2.24, 2.45) is 10.3 Å². The van der Waals surface area contributed by atoms with Crippen LogP contribution in [0.3, 0.4) is 0 Å². The van der Waals surface area contributed by atoms with Crippen molar-refractivity contribution in [3.05, 3.63) is 58.7 Å². The van der Waals surface area contributed by atoms with Gasteiger partial charge in [0.2, 0.25) is 0 Å². The van der Waals surface area contributed by atoms with Crippen molar-refractivity contribution in [3.63, 3.8) is 0 Å². The van der Waals surface area contributed by atoms with E-state index in [0.29, 0.717) is 6.61 Å². The first-order valence-corrected chi connectivity index (χ1v) is 9.53. The molecule has 0 saturated carbocycles. The van der Waals surface area contributed by atoms with E-state index in [1.807, 2.05) is 31.2 Å². The Morgan fingerprint density at radius 3 is 2.96 bits per heavy atom. The van der Waals surface area contributed by atoms with Gasteiger partial charge in [-0.15, -0.1) is 0 Å². The monoisotopic (exact) mass is 382 g/mol. The molecule has 0 amide bonds. The zero-order chi connectivity index (χ0) is 19.8. The fourth-order valence-electron chi connectivity index (χ4n) is 3.29. The molecule has 1 aliphatic carbocycles. The van der Waals surface area contributed by atoms with Crippen LogP contribution in [0.25, 0.3) is 0 Å². The lowest BCUT2D eigenvalue weighted by Gasteiger charge is -2.18. The second kappa shape index (κ2) is 9.94. The van der Waals surface area contributed by atoms with E-state index in [0.717, 1.165) is 71.7 Å². The van der Waals surface area contributed by atoms with E-state index in [9.17, 15) is 5.11 Å². The Balaban J connectivity index is 1.55. The van der Waals surface area contributed by atoms with Crippen molar-refractivity contribution >= 4 is 11.4 Å². The van der Waals surface area contributed by atoms with Crippen molar-refractivity contribution in [1.82, 2.24) is 9.97 Å². The van der Waals surface area contributed by atoms with E-state index >= 15 is 0 Å². The van der Waals surface area contributed by atoms with E-state index in [1.165, 1.54) is 7.11 Å². The molecule has 0 spiro atoms. The molecule has 3 rings (SSSR count). The second-order valence-electron chi connectivity index (χ2n) is 6.66. The van der Waals surface area contributed by atoms with E-state index < -0.39 is 0 Å². The summed E-state index contributed by atoms with van der Waals surface area (Å²) in [6.45, 7) is 2.41. The van der Waals surface area contributed by atoms with Crippen molar-refractivity contribution in [2.75, 3.05) is 13.7 Å². The molecule has 0 aromatic carbocycles. The van der Waals surface area contributed by atoms with E-state index in [2.05, 4.69) is 20.3 Å². The summed E-state index contributed by atoms with van der Waals surface area (Å²) in [5, 5.41) is 17.7. The minimum absolute atomic E-state index is 0.0274. The molecule has 2 aromatic rings. The highest BCUT2D eigenvalue weighted by atomic mass is 16.6. The van der Waals surface area contributed by atoms with Crippen LogP contribution in [0, 0.1) is 0 Å². The molecule has 0 aliphatic heterocycles. The number of rotatable bonds is 8. The number of pyridine rings is 2. The molecule has 0 saturated heterocycles. The van der Waals surface area contributed by atoms with Crippen LogP contribution >= 0.6 is 0 Å². The maximum absolute atomic E-state index is 9.50. The molecular weight excluding hydrogens is 356 g/mol. The highest BCUT2D eigenvalue weighted by molar-refractivity contribution is 6.00. The third-order valence-electron chi connectivity index (χ3n) is 4.69. The summed E-state index contributed by atoms with van der Waals surface area (Å²) >= 11 is 0. The second-order valence-corrected chi connectivity index (χ2v) is 6.66. The predicted octanol–water partition coefficient (Wildman–Crippen LogP) is 3.03. The average Bonchev–Trinajstić information content (AvgIpc) is 2.73. The van der Waals surface area contributed by atoms with E-state index in [1.54, 1.807) is 6.20 Å². The lowest BCUT2D eigenvalue weighted by atomic mass is 9.91. The van der Waals surface area contributed by atoms with Gasteiger partial charge < -0.3 is 14.8 Å². The first-order valence-electron chi connectivity index (χ1n) is 9.53. The van der Waals surface area contributed by atoms with E-state index in [-0.39, 0.29) is 6.61 Å². The molecule has 0 bridgehead atoms. The summed E-state index contributed by atoms with van der Waals surface area (Å²) in [5.74, 6) is 0. The van der Waals surface area contributed by atoms with Crippen molar-refractivity contribution in [3.8, 4) is 0 Å². The van der Waals surface area contributed by atoms with Gasteiger partial charge in [0.05, 0.1) is 18.0 Å². The third kappa shape index (κ3) is 4.92. The number of oxime groups is 2. The van der Waals surface area contributed by atoms with Gasteiger partial charge in [-0.25, -0.2) is 0 Å². The van der Waals surface area contributed by atoms with Crippen LogP contribution in [0.2, 0.25) is 0 Å². The summed E-state index contributed by atoms with van der Waals surface area (Å²) in [6, 6.07) is 7.74. The standard InChI is InChI=1S/C21H26N4O3/c1-15(24-27-2)19-9-3-6-17(23-19)7-5-13-28-25-20-10-4-8-18-16(14-26)11-12-22-21(18)20/h3,6,9,11-12,26H,4-5,7-8,10,13-14H2,1-2H3. The molecule has 1 N–H and O–H groups in total. The number of aliphatic hydroxyl groups excluding tert-OH is 1. The SMILES string of the molecule is CON=C(C)c1cccc(CCCON=C2CCCc3c(CO)ccnc32)n1. The Labute approximate surface area is 165 Å². The Kier molecular flexibility index (Phi) is 7.08. The van der Waals surface area contributed by atoms with Crippen LogP contribution in [0.1, 0.15) is 54.4 Å². The number of aryl methyl sites for hydroxylation is 1. The fourth-order valence-corrected chi connectivity index (χ4v) is 3.29. The van der Waals surface area contributed by atoms with Crippen LogP contribution in [-0.4, -0.2) is 40.2 Å². The van der Waals surface area contributed by atoms with Gasteiger partial charge in [-0.05, 0) is 68.4 Å². The number of hydrogen-bond donors (Lipinski definition) is 1. The smallest absolute Gasteiger partial charge is 0.117 e. The van der Waals surface area contributed by atoms with Gasteiger partial charge in [-0.2, -0.15) is 0 Å². The summed E-state index contributed by atoms with van der Waals surface area (Å²) in [5.41, 5.74) is 6.28. The molecule has 2 heterocycles. The molecule has 0 unspecified atom stereocenters. The highest BCUT2D eigenvalue weighted by Crippen LogP contribution is 2.23. The van der Waals surface area contributed by atoms with Gasteiger partial charge in [0.25, 0.3) is 0 Å². The topological polar surface area (TPSA) is 89.2 Å². The van der Waals surface area contributed by atoms with Gasteiger partial charge in [0.15, 0.2) is 0 Å². The lowest BCUT2D eigenvalue weighted by molar-refractivity contribution is 0.141. The Morgan fingerprint density at radius 1 is 1.25 bits per heavy atom. The van der Waals surface area contributed by atoms with Gasteiger partial charge >= 0.3 is 0 Å². The van der Waals surface area contributed by atoms with Crippen LogP contribution in [0.15, 0.2) is 40.8 Å². The molecule has 0 radical (unpaired) electrons. The Bertz CT molecular complexity index is 864. The molecule has 2 aromatic heterocycles. The molecule has 148 valence electrons. The lowest BCUT2D eigenvalue weighted by Crippen LogP contribution is -2.16. The summed E-state index contributed by atoms with van der Waals surface area (Å²) in [7, 11) is 1.52. The molecular formula is C21H26N4O3. The fraction of sp³-hybridized carbons (Fsp3) is 0.429. The molecule has 1 aliphatic rings. The highest BCUT2D eigenvalue weighted by Gasteiger charge is 2.20. The predicted molar refractivity (Wildman–Crippen MR) is 107 cm³/mol. The van der Waals surface area contributed by atoms with Gasteiger partial charge in [0.1, 0.15) is 25.1 Å². The Morgan fingerprint density at radius 2 is 2.14 bits per heavy atom. The van der Waals surface area contributed by atoms with Gasteiger partial charge in [-0.1, -0.05) is 16.4 Å². The number of nitrogens with zero attached hydrogens (tertiary/aromatic N) is 4. The number of hydrogen-bond acceptors (Lipinski definition) is 7. The summed E-state index contributed by atoms with van der Waals surface area (Å²) < 4.78 is 0. The Hall–Kier alpha value is -2.80. The minimum Gasteiger partial charge on any atom is -0.399 e. The van der Waals surface area contributed by atoms with Crippen LogP contribution in [-0.2, 0) is 29.1 Å². The normalized spacial score (nSPS) is 15.4. The quantitative estimate of drug-likeness (QED) is 0.431.